The van der Waals surface area contributed by atoms with Crippen LogP contribution in [0.3, 0.4) is 0 Å². The molecular formula is C11H13NO3. The van der Waals surface area contributed by atoms with Crippen LogP contribution in [0.1, 0.15) is 24.4 Å². The number of nitrogens with one attached hydrogen (secondary N) is 1. The van der Waals surface area contributed by atoms with Crippen LogP contribution in [-0.4, -0.2) is 22.2 Å². The van der Waals surface area contributed by atoms with Crippen molar-refractivity contribution >= 4 is 5.97 Å². The highest BCUT2D eigenvalue weighted by Gasteiger charge is 2.30. The third-order valence-electron chi connectivity index (χ3n) is 2.76. The van der Waals surface area contributed by atoms with E-state index in [9.17, 15) is 9.90 Å². The van der Waals surface area contributed by atoms with Gasteiger partial charge in [-0.3, -0.25) is 10.1 Å². The van der Waals surface area contributed by atoms with Crippen LogP contribution in [0.15, 0.2) is 24.3 Å². The highest BCUT2D eigenvalue weighted by atomic mass is 16.4. The van der Waals surface area contributed by atoms with Gasteiger partial charge in [-0.2, -0.15) is 0 Å². The van der Waals surface area contributed by atoms with Crippen LogP contribution in [0.25, 0.3) is 0 Å². The van der Waals surface area contributed by atoms with Gasteiger partial charge in [0.05, 0.1) is 0 Å². The summed E-state index contributed by atoms with van der Waals surface area (Å²) < 4.78 is 0. The van der Waals surface area contributed by atoms with Gasteiger partial charge in [-0.15, -0.1) is 0 Å². The van der Waals surface area contributed by atoms with Crippen LogP contribution >= 0.6 is 0 Å². The SMILES string of the molecule is O=C(O)[C@H]1CC[C@@H](c2ccccc2O)N1. The summed E-state index contributed by atoms with van der Waals surface area (Å²) in [5, 5.41) is 21.4. The van der Waals surface area contributed by atoms with E-state index in [1.807, 2.05) is 12.1 Å². The molecule has 1 aliphatic rings. The molecule has 0 aliphatic carbocycles. The summed E-state index contributed by atoms with van der Waals surface area (Å²) in [6.07, 6.45) is 1.35. The van der Waals surface area contributed by atoms with Crippen molar-refractivity contribution in [3.8, 4) is 5.75 Å². The van der Waals surface area contributed by atoms with Crippen molar-refractivity contribution in [3.05, 3.63) is 29.8 Å². The highest BCUT2D eigenvalue weighted by molar-refractivity contribution is 5.74. The van der Waals surface area contributed by atoms with Crippen molar-refractivity contribution in [1.82, 2.24) is 5.32 Å². The molecule has 0 amide bonds. The maximum atomic E-state index is 10.7. The minimum absolute atomic E-state index is 0.0488. The summed E-state index contributed by atoms with van der Waals surface area (Å²) in [7, 11) is 0. The van der Waals surface area contributed by atoms with Gasteiger partial charge in [0.25, 0.3) is 0 Å². The molecule has 1 aromatic carbocycles. The van der Waals surface area contributed by atoms with Gasteiger partial charge in [0, 0.05) is 11.6 Å². The molecule has 0 aromatic heterocycles. The number of hydrogen-bond acceptors (Lipinski definition) is 3. The number of rotatable bonds is 2. The van der Waals surface area contributed by atoms with E-state index in [1.54, 1.807) is 12.1 Å². The molecule has 0 unspecified atom stereocenters. The molecule has 3 N–H and O–H groups in total. The van der Waals surface area contributed by atoms with Crippen molar-refractivity contribution in [1.29, 1.82) is 0 Å². The number of phenolic OH excluding ortho intramolecular Hbond substituents is 1. The number of carbonyl (C=O) groups is 1. The Morgan fingerprint density at radius 1 is 1.33 bits per heavy atom. The highest BCUT2D eigenvalue weighted by Crippen LogP contribution is 2.31. The van der Waals surface area contributed by atoms with Crippen LogP contribution in [0.4, 0.5) is 0 Å². The van der Waals surface area contributed by atoms with Gasteiger partial charge >= 0.3 is 5.97 Å². The van der Waals surface area contributed by atoms with E-state index in [0.29, 0.717) is 6.42 Å². The normalized spacial score (nSPS) is 25.3. The first-order valence-electron chi connectivity index (χ1n) is 4.95. The fourth-order valence-corrected chi connectivity index (χ4v) is 1.97. The molecule has 0 spiro atoms. The molecule has 4 heteroatoms. The number of para-hydroxylation sites is 1. The maximum Gasteiger partial charge on any atom is 0.320 e. The van der Waals surface area contributed by atoms with Crippen molar-refractivity contribution in [3.63, 3.8) is 0 Å². The minimum atomic E-state index is -0.826. The first kappa shape index (κ1) is 9.98. The summed E-state index contributed by atoms with van der Waals surface area (Å²) in [6, 6.07) is 6.48. The second kappa shape index (κ2) is 3.90. The number of aliphatic carboxylic acids is 1. The van der Waals surface area contributed by atoms with Gasteiger partial charge < -0.3 is 10.2 Å². The molecular weight excluding hydrogens is 194 g/mol. The van der Waals surface area contributed by atoms with E-state index < -0.39 is 12.0 Å². The number of aromatic hydroxyl groups is 1. The van der Waals surface area contributed by atoms with E-state index in [0.717, 1.165) is 12.0 Å². The van der Waals surface area contributed by atoms with Gasteiger partial charge in [0.1, 0.15) is 11.8 Å². The second-order valence-electron chi connectivity index (χ2n) is 3.75. The van der Waals surface area contributed by atoms with Crippen molar-refractivity contribution in [2.75, 3.05) is 0 Å². The van der Waals surface area contributed by atoms with Crippen LogP contribution in [0, 0.1) is 0 Å². The van der Waals surface area contributed by atoms with Gasteiger partial charge in [-0.1, -0.05) is 18.2 Å². The number of benzene rings is 1. The molecule has 4 nitrogen and oxygen atoms in total. The molecule has 80 valence electrons. The molecule has 0 bridgehead atoms. The van der Waals surface area contributed by atoms with Gasteiger partial charge in [-0.05, 0) is 18.9 Å². The Morgan fingerprint density at radius 2 is 2.07 bits per heavy atom. The Kier molecular flexibility index (Phi) is 2.60. The average Bonchev–Trinajstić information content (AvgIpc) is 2.67. The topological polar surface area (TPSA) is 69.6 Å². The summed E-state index contributed by atoms with van der Waals surface area (Å²) >= 11 is 0. The van der Waals surface area contributed by atoms with E-state index in [2.05, 4.69) is 5.32 Å². The lowest BCUT2D eigenvalue weighted by atomic mass is 10.0. The van der Waals surface area contributed by atoms with Crippen LogP contribution in [-0.2, 0) is 4.79 Å². The number of phenols is 1. The molecule has 0 radical (unpaired) electrons. The zero-order valence-electron chi connectivity index (χ0n) is 8.18. The minimum Gasteiger partial charge on any atom is -0.508 e. The zero-order chi connectivity index (χ0) is 10.8. The Hall–Kier alpha value is -1.55. The summed E-state index contributed by atoms with van der Waals surface area (Å²) in [4.78, 5) is 10.7. The average molecular weight is 207 g/mol. The molecule has 2 rings (SSSR count). The number of hydrogen-bond donors (Lipinski definition) is 3. The van der Waals surface area contributed by atoms with Crippen molar-refractivity contribution in [2.24, 2.45) is 0 Å². The third-order valence-corrected chi connectivity index (χ3v) is 2.76. The lowest BCUT2D eigenvalue weighted by molar-refractivity contribution is -0.139. The van der Waals surface area contributed by atoms with Gasteiger partial charge in [0.15, 0.2) is 0 Å². The van der Waals surface area contributed by atoms with E-state index in [4.69, 9.17) is 5.11 Å². The van der Waals surface area contributed by atoms with E-state index >= 15 is 0 Å². The predicted molar refractivity (Wildman–Crippen MR) is 54.6 cm³/mol. The van der Waals surface area contributed by atoms with Crippen LogP contribution in [0.2, 0.25) is 0 Å². The molecule has 15 heavy (non-hydrogen) atoms. The second-order valence-corrected chi connectivity index (χ2v) is 3.75. The summed E-state index contributed by atoms with van der Waals surface area (Å²) in [5.41, 5.74) is 0.779. The molecule has 0 saturated carbocycles. The van der Waals surface area contributed by atoms with E-state index in [1.165, 1.54) is 0 Å². The molecule has 1 saturated heterocycles. The monoisotopic (exact) mass is 207 g/mol. The molecule has 2 atom stereocenters. The lowest BCUT2D eigenvalue weighted by Gasteiger charge is -2.13. The first-order valence-corrected chi connectivity index (χ1v) is 4.95. The molecule has 1 fully saturated rings. The Labute approximate surface area is 87.6 Å². The molecule has 1 aliphatic heterocycles. The Balaban J connectivity index is 2.14. The fraction of sp³-hybridized carbons (Fsp3) is 0.364. The smallest absolute Gasteiger partial charge is 0.320 e. The zero-order valence-corrected chi connectivity index (χ0v) is 8.18. The predicted octanol–water partition coefficient (Wildman–Crippen LogP) is 1.27. The van der Waals surface area contributed by atoms with Gasteiger partial charge in [0.2, 0.25) is 0 Å². The summed E-state index contributed by atoms with van der Waals surface area (Å²) in [5.74, 6) is -0.603. The van der Waals surface area contributed by atoms with Crippen molar-refractivity contribution in [2.45, 2.75) is 24.9 Å². The number of carboxylic acid groups (broad SMARTS) is 1. The van der Waals surface area contributed by atoms with Crippen LogP contribution in [0.5, 0.6) is 5.75 Å². The number of carboxylic acids is 1. The largest absolute Gasteiger partial charge is 0.508 e. The molecule has 1 aromatic rings. The maximum absolute atomic E-state index is 10.7. The summed E-state index contributed by atoms with van der Waals surface area (Å²) in [6.45, 7) is 0. The quantitative estimate of drug-likeness (QED) is 0.683. The standard InChI is InChI=1S/C11H13NO3/c13-10-4-2-1-3-7(10)8-5-6-9(12-8)11(14)15/h1-4,8-9,12-13H,5-6H2,(H,14,15)/t8-,9+/m0/s1. The van der Waals surface area contributed by atoms with Gasteiger partial charge in [-0.25, -0.2) is 0 Å². The Morgan fingerprint density at radius 3 is 2.67 bits per heavy atom. The lowest BCUT2D eigenvalue weighted by Crippen LogP contribution is -2.31. The fourth-order valence-electron chi connectivity index (χ4n) is 1.97. The van der Waals surface area contributed by atoms with Crippen molar-refractivity contribution < 1.29 is 15.0 Å². The molecule has 1 heterocycles. The first-order chi connectivity index (χ1) is 7.18. The van der Waals surface area contributed by atoms with Crippen LogP contribution < -0.4 is 5.32 Å². The Bertz CT molecular complexity index is 378. The third kappa shape index (κ3) is 1.94. The van der Waals surface area contributed by atoms with E-state index in [-0.39, 0.29) is 11.8 Å².